The van der Waals surface area contributed by atoms with E-state index in [9.17, 15) is 0 Å². The van der Waals surface area contributed by atoms with Crippen molar-refractivity contribution in [3.8, 4) is 12.0 Å². The minimum absolute atomic E-state index is 0.932. The zero-order valence-corrected chi connectivity index (χ0v) is 6.56. The Morgan fingerprint density at radius 1 is 1.18 bits per heavy atom. The molecule has 0 heterocycles. The average Bonchev–Trinajstić information content (AvgIpc) is 2.07. The summed E-state index contributed by atoms with van der Waals surface area (Å²) in [6.45, 7) is 0. The average molecular weight is 159 g/mol. The molecule has 52 valence electrons. The van der Waals surface area contributed by atoms with Gasteiger partial charge in [0, 0.05) is 5.56 Å². The highest BCUT2D eigenvalue weighted by Gasteiger charge is 1.78. The molecule has 1 aromatic rings. The molecule has 1 rings (SSSR count). The molecule has 0 amide bonds. The van der Waals surface area contributed by atoms with E-state index in [0.29, 0.717) is 0 Å². The molecule has 1 nitrogen and oxygen atoms in total. The van der Waals surface area contributed by atoms with Crippen LogP contribution in [-0.4, -0.2) is 5.16 Å². The Morgan fingerprint density at radius 3 is 2.55 bits per heavy atom. The summed E-state index contributed by atoms with van der Waals surface area (Å²) in [7, 11) is 0. The first kappa shape index (κ1) is 7.68. The molecule has 0 N–H and O–H groups in total. The van der Waals surface area contributed by atoms with Crippen molar-refractivity contribution in [2.24, 2.45) is 4.99 Å². The molecule has 1 aromatic carbocycles. The highest BCUT2D eigenvalue weighted by molar-refractivity contribution is 7.78. The van der Waals surface area contributed by atoms with Crippen LogP contribution in [0.1, 0.15) is 5.56 Å². The summed E-state index contributed by atoms with van der Waals surface area (Å²) in [5.74, 6) is 2.80. The molecular formula is C9H5NS. The van der Waals surface area contributed by atoms with Crippen molar-refractivity contribution in [2.75, 3.05) is 0 Å². The Labute approximate surface area is 70.8 Å². The van der Waals surface area contributed by atoms with Crippen LogP contribution in [0, 0.1) is 12.0 Å². The van der Waals surface area contributed by atoms with Crippen molar-refractivity contribution in [2.45, 2.75) is 0 Å². The number of isothiocyanates is 1. The number of hydrogen-bond acceptors (Lipinski definition) is 2. The Kier molecular flexibility index (Phi) is 3.08. The van der Waals surface area contributed by atoms with Gasteiger partial charge in [0.05, 0.1) is 11.2 Å². The van der Waals surface area contributed by atoms with Gasteiger partial charge >= 0.3 is 0 Å². The van der Waals surface area contributed by atoms with Crippen molar-refractivity contribution in [3.05, 3.63) is 35.9 Å². The maximum Gasteiger partial charge on any atom is 0.0743 e. The van der Waals surface area contributed by atoms with Crippen molar-refractivity contribution >= 4 is 17.4 Å². The molecule has 0 aromatic heterocycles. The van der Waals surface area contributed by atoms with E-state index in [1.807, 2.05) is 30.3 Å². The second-order valence-electron chi connectivity index (χ2n) is 1.81. The van der Waals surface area contributed by atoms with E-state index >= 15 is 0 Å². The molecule has 11 heavy (non-hydrogen) atoms. The highest BCUT2D eigenvalue weighted by Crippen LogP contribution is 1.94. The molecule has 0 fully saturated rings. The summed E-state index contributed by atoms with van der Waals surface area (Å²) < 4.78 is 0. The number of thiocarbonyl (C=S) groups is 1. The lowest BCUT2D eigenvalue weighted by Crippen LogP contribution is -1.68. The Hall–Kier alpha value is -1.42. The van der Waals surface area contributed by atoms with Crippen LogP contribution < -0.4 is 0 Å². The minimum Gasteiger partial charge on any atom is -0.142 e. The molecule has 0 radical (unpaired) electrons. The zero-order chi connectivity index (χ0) is 7.94. The van der Waals surface area contributed by atoms with E-state index in [1.165, 1.54) is 0 Å². The first-order valence-electron chi connectivity index (χ1n) is 3.06. The van der Waals surface area contributed by atoms with E-state index in [1.54, 1.807) is 0 Å². The topological polar surface area (TPSA) is 12.4 Å². The lowest BCUT2D eigenvalue weighted by molar-refractivity contribution is 1.63. The molecule has 0 aliphatic rings. The normalized spacial score (nSPS) is 7.27. The monoisotopic (exact) mass is 159 g/mol. The Bertz CT molecular complexity index is 326. The molecule has 0 spiro atoms. The minimum atomic E-state index is 0.932. The van der Waals surface area contributed by atoms with Crippen LogP contribution in [0.25, 0.3) is 0 Å². The van der Waals surface area contributed by atoms with Gasteiger partial charge in [-0.05, 0) is 30.3 Å². The van der Waals surface area contributed by atoms with Gasteiger partial charge in [-0.25, -0.2) is 0 Å². The van der Waals surface area contributed by atoms with Gasteiger partial charge in [0.25, 0.3) is 0 Å². The third-order valence-corrected chi connectivity index (χ3v) is 1.17. The third-order valence-electron chi connectivity index (χ3n) is 1.08. The van der Waals surface area contributed by atoms with Gasteiger partial charge in [-0.1, -0.05) is 18.2 Å². The summed E-state index contributed by atoms with van der Waals surface area (Å²) in [6, 6.07) is 12.1. The van der Waals surface area contributed by atoms with Gasteiger partial charge in [0.2, 0.25) is 0 Å². The van der Waals surface area contributed by atoms with E-state index in [2.05, 4.69) is 34.3 Å². The fourth-order valence-corrected chi connectivity index (χ4v) is 0.682. The van der Waals surface area contributed by atoms with Crippen LogP contribution in [0.2, 0.25) is 0 Å². The molecule has 0 aliphatic carbocycles. The molecule has 0 unspecified atom stereocenters. The third kappa shape index (κ3) is 2.77. The van der Waals surface area contributed by atoms with Crippen LogP contribution in [0.4, 0.5) is 0 Å². The van der Waals surface area contributed by atoms with Crippen LogP contribution in [-0.2, 0) is 0 Å². The quantitative estimate of drug-likeness (QED) is 0.321. The first-order valence-corrected chi connectivity index (χ1v) is 3.47. The number of nitrogens with zero attached hydrogens (tertiary/aromatic N) is 1. The molecule has 0 bridgehead atoms. The van der Waals surface area contributed by atoms with E-state index in [4.69, 9.17) is 0 Å². The van der Waals surface area contributed by atoms with Crippen molar-refractivity contribution in [1.29, 1.82) is 0 Å². The summed E-state index contributed by atoms with van der Waals surface area (Å²) in [5.41, 5.74) is 0.932. The SMILES string of the molecule is S=C=NC#Cc1ccccc1. The molecule has 0 saturated carbocycles. The molecule has 0 aliphatic heterocycles. The summed E-state index contributed by atoms with van der Waals surface area (Å²) in [4.78, 5) is 3.47. The second-order valence-corrected chi connectivity index (χ2v) is 1.99. The lowest BCUT2D eigenvalue weighted by Gasteiger charge is -1.83. The van der Waals surface area contributed by atoms with Crippen molar-refractivity contribution in [1.82, 2.24) is 0 Å². The molecule has 0 atom stereocenters. The van der Waals surface area contributed by atoms with Crippen LogP contribution in [0.3, 0.4) is 0 Å². The predicted molar refractivity (Wildman–Crippen MR) is 48.3 cm³/mol. The Balaban J connectivity index is 2.82. The van der Waals surface area contributed by atoms with Gasteiger partial charge in [0.15, 0.2) is 0 Å². The summed E-state index contributed by atoms with van der Waals surface area (Å²) >= 11 is 4.35. The van der Waals surface area contributed by atoms with E-state index < -0.39 is 0 Å². The largest absolute Gasteiger partial charge is 0.142 e. The van der Waals surface area contributed by atoms with E-state index in [0.717, 1.165) is 5.56 Å². The fourth-order valence-electron chi connectivity index (χ4n) is 0.637. The van der Waals surface area contributed by atoms with Gasteiger partial charge in [-0.3, -0.25) is 0 Å². The van der Waals surface area contributed by atoms with Crippen molar-refractivity contribution < 1.29 is 0 Å². The highest BCUT2D eigenvalue weighted by atomic mass is 32.1. The smallest absolute Gasteiger partial charge is 0.0743 e. The maximum atomic E-state index is 4.35. The standard InChI is InChI=1S/C9H5NS/c11-8-10-7-6-9-4-2-1-3-5-9/h1-5H. The maximum absolute atomic E-state index is 4.35. The number of rotatable bonds is 0. The number of hydrogen-bond donors (Lipinski definition) is 0. The van der Waals surface area contributed by atoms with E-state index in [-0.39, 0.29) is 0 Å². The van der Waals surface area contributed by atoms with Crippen molar-refractivity contribution in [3.63, 3.8) is 0 Å². The summed E-state index contributed by atoms with van der Waals surface area (Å²) in [6.07, 6.45) is 0. The first-order chi connectivity index (χ1) is 5.43. The number of benzene rings is 1. The van der Waals surface area contributed by atoms with Gasteiger partial charge in [-0.2, -0.15) is 0 Å². The predicted octanol–water partition coefficient (Wildman–Crippen LogP) is 2.10. The Morgan fingerprint density at radius 2 is 1.91 bits per heavy atom. The molecular weight excluding hydrogens is 154 g/mol. The zero-order valence-electron chi connectivity index (χ0n) is 5.74. The lowest BCUT2D eigenvalue weighted by atomic mass is 10.2. The molecule has 0 saturated heterocycles. The van der Waals surface area contributed by atoms with Gasteiger partial charge in [0.1, 0.15) is 0 Å². The number of aliphatic imine (C=N–C) groups is 1. The van der Waals surface area contributed by atoms with Gasteiger partial charge in [-0.15, -0.1) is 4.99 Å². The summed E-state index contributed by atoms with van der Waals surface area (Å²) in [5, 5.41) is 2.17. The van der Waals surface area contributed by atoms with Gasteiger partial charge < -0.3 is 0 Å². The fraction of sp³-hybridized carbons (Fsp3) is 0. The van der Waals surface area contributed by atoms with Crippen LogP contribution in [0.5, 0.6) is 0 Å². The molecule has 2 heteroatoms. The second kappa shape index (κ2) is 4.40. The van der Waals surface area contributed by atoms with Crippen LogP contribution in [0.15, 0.2) is 35.3 Å². The van der Waals surface area contributed by atoms with Crippen LogP contribution >= 0.6 is 12.2 Å².